The molecule has 0 fully saturated rings. The third kappa shape index (κ3) is 2.97. The van der Waals surface area contributed by atoms with Crippen molar-refractivity contribution in [3.63, 3.8) is 0 Å². The van der Waals surface area contributed by atoms with E-state index < -0.39 is 0 Å². The van der Waals surface area contributed by atoms with Crippen molar-refractivity contribution in [2.75, 3.05) is 6.54 Å². The van der Waals surface area contributed by atoms with Crippen LogP contribution >= 0.6 is 0 Å². The van der Waals surface area contributed by atoms with Crippen LogP contribution in [0.1, 0.15) is 21.7 Å². The quantitative estimate of drug-likeness (QED) is 0.892. The van der Waals surface area contributed by atoms with Crippen molar-refractivity contribution in [1.29, 1.82) is 0 Å². The SMILES string of the molecule is Cc1cc(C)n(CCNC(=O)c2ccccc2)n1. The van der Waals surface area contributed by atoms with E-state index in [0.29, 0.717) is 18.7 Å². The fourth-order valence-electron chi connectivity index (χ4n) is 1.87. The molecule has 4 heteroatoms. The molecule has 94 valence electrons. The predicted octanol–water partition coefficient (Wildman–Crippen LogP) is 1.93. The highest BCUT2D eigenvalue weighted by atomic mass is 16.1. The Morgan fingerprint density at radius 1 is 1.28 bits per heavy atom. The van der Waals surface area contributed by atoms with Crippen molar-refractivity contribution >= 4 is 5.91 Å². The van der Waals surface area contributed by atoms with Gasteiger partial charge in [0.05, 0.1) is 12.2 Å². The lowest BCUT2D eigenvalue weighted by Gasteiger charge is -2.06. The van der Waals surface area contributed by atoms with Crippen molar-refractivity contribution in [1.82, 2.24) is 15.1 Å². The minimum atomic E-state index is -0.0443. The summed E-state index contributed by atoms with van der Waals surface area (Å²) in [5.74, 6) is -0.0443. The number of hydrogen-bond donors (Lipinski definition) is 1. The Hall–Kier alpha value is -2.10. The molecule has 2 rings (SSSR count). The lowest BCUT2D eigenvalue weighted by molar-refractivity contribution is 0.0952. The van der Waals surface area contributed by atoms with Crippen molar-refractivity contribution < 1.29 is 4.79 Å². The molecule has 4 nitrogen and oxygen atoms in total. The minimum Gasteiger partial charge on any atom is -0.350 e. The van der Waals surface area contributed by atoms with Crippen LogP contribution in [0.25, 0.3) is 0 Å². The summed E-state index contributed by atoms with van der Waals surface area (Å²) >= 11 is 0. The van der Waals surface area contributed by atoms with Crippen molar-refractivity contribution in [2.24, 2.45) is 0 Å². The largest absolute Gasteiger partial charge is 0.350 e. The van der Waals surface area contributed by atoms with E-state index in [-0.39, 0.29) is 5.91 Å². The van der Waals surface area contributed by atoms with Crippen LogP contribution in [0, 0.1) is 13.8 Å². The van der Waals surface area contributed by atoms with E-state index in [1.807, 2.05) is 42.8 Å². The number of nitrogens with zero attached hydrogens (tertiary/aromatic N) is 2. The van der Waals surface area contributed by atoms with Gasteiger partial charge < -0.3 is 5.32 Å². The Morgan fingerprint density at radius 2 is 2.00 bits per heavy atom. The van der Waals surface area contributed by atoms with Gasteiger partial charge in [-0.1, -0.05) is 18.2 Å². The molecule has 1 aromatic carbocycles. The van der Waals surface area contributed by atoms with Crippen molar-refractivity contribution in [2.45, 2.75) is 20.4 Å². The van der Waals surface area contributed by atoms with Gasteiger partial charge in [0.2, 0.25) is 0 Å². The molecule has 0 aliphatic rings. The summed E-state index contributed by atoms with van der Waals surface area (Å²) < 4.78 is 1.90. The highest BCUT2D eigenvalue weighted by Crippen LogP contribution is 2.01. The molecule has 1 N–H and O–H groups in total. The van der Waals surface area contributed by atoms with Crippen LogP contribution in [0.5, 0.6) is 0 Å². The van der Waals surface area contributed by atoms with Gasteiger partial charge in [0.25, 0.3) is 5.91 Å². The molecule has 0 spiro atoms. The second kappa shape index (κ2) is 5.49. The predicted molar refractivity (Wildman–Crippen MR) is 70.5 cm³/mol. The van der Waals surface area contributed by atoms with Crippen LogP contribution < -0.4 is 5.32 Å². The average molecular weight is 243 g/mol. The first-order valence-corrected chi connectivity index (χ1v) is 6.01. The van der Waals surface area contributed by atoms with E-state index in [0.717, 1.165) is 11.4 Å². The third-order valence-electron chi connectivity index (χ3n) is 2.75. The third-order valence-corrected chi connectivity index (χ3v) is 2.75. The number of aryl methyl sites for hydroxylation is 2. The number of carbonyl (C=O) groups is 1. The molecular weight excluding hydrogens is 226 g/mol. The Bertz CT molecular complexity index is 531. The maximum Gasteiger partial charge on any atom is 0.251 e. The van der Waals surface area contributed by atoms with Gasteiger partial charge in [-0.25, -0.2) is 0 Å². The van der Waals surface area contributed by atoms with E-state index in [2.05, 4.69) is 10.4 Å². The lowest BCUT2D eigenvalue weighted by atomic mass is 10.2. The summed E-state index contributed by atoms with van der Waals surface area (Å²) in [6.07, 6.45) is 0. The van der Waals surface area contributed by atoms with E-state index >= 15 is 0 Å². The maximum atomic E-state index is 11.8. The van der Waals surface area contributed by atoms with Crippen LogP contribution in [0.4, 0.5) is 0 Å². The molecule has 18 heavy (non-hydrogen) atoms. The number of carbonyl (C=O) groups excluding carboxylic acids is 1. The lowest BCUT2D eigenvalue weighted by Crippen LogP contribution is -2.27. The van der Waals surface area contributed by atoms with Crippen LogP contribution in [0.15, 0.2) is 36.4 Å². The van der Waals surface area contributed by atoms with E-state index in [9.17, 15) is 4.79 Å². The molecule has 0 aliphatic carbocycles. The maximum absolute atomic E-state index is 11.8. The van der Waals surface area contributed by atoms with Gasteiger partial charge >= 0.3 is 0 Å². The summed E-state index contributed by atoms with van der Waals surface area (Å²) in [4.78, 5) is 11.8. The molecule has 1 aromatic heterocycles. The molecule has 2 aromatic rings. The summed E-state index contributed by atoms with van der Waals surface area (Å²) in [6.45, 7) is 5.25. The number of aromatic nitrogens is 2. The first-order valence-electron chi connectivity index (χ1n) is 6.01. The fraction of sp³-hybridized carbons (Fsp3) is 0.286. The molecule has 0 radical (unpaired) electrons. The fourth-order valence-corrected chi connectivity index (χ4v) is 1.87. The van der Waals surface area contributed by atoms with E-state index in [1.165, 1.54) is 0 Å². The summed E-state index contributed by atoms with van der Waals surface area (Å²) in [5.41, 5.74) is 2.80. The smallest absolute Gasteiger partial charge is 0.251 e. The molecule has 0 aliphatic heterocycles. The first kappa shape index (κ1) is 12.4. The molecule has 0 saturated carbocycles. The number of rotatable bonds is 4. The Kier molecular flexibility index (Phi) is 3.77. The highest BCUT2D eigenvalue weighted by molar-refractivity contribution is 5.94. The number of nitrogens with one attached hydrogen (secondary N) is 1. The topological polar surface area (TPSA) is 46.9 Å². The van der Waals surface area contributed by atoms with E-state index in [1.54, 1.807) is 12.1 Å². The van der Waals surface area contributed by atoms with Gasteiger partial charge in [0, 0.05) is 17.8 Å². The van der Waals surface area contributed by atoms with Crippen molar-refractivity contribution in [3.8, 4) is 0 Å². The van der Waals surface area contributed by atoms with Gasteiger partial charge in [0.15, 0.2) is 0 Å². The number of hydrogen-bond acceptors (Lipinski definition) is 2. The van der Waals surface area contributed by atoms with Gasteiger partial charge in [-0.05, 0) is 32.0 Å². The van der Waals surface area contributed by atoms with Crippen LogP contribution in [0.2, 0.25) is 0 Å². The second-order valence-corrected chi connectivity index (χ2v) is 4.27. The molecule has 0 saturated heterocycles. The van der Waals surface area contributed by atoms with Gasteiger partial charge in [-0.3, -0.25) is 9.48 Å². The Labute approximate surface area is 107 Å². The standard InChI is InChI=1S/C14H17N3O/c1-11-10-12(2)17(16-11)9-8-15-14(18)13-6-4-3-5-7-13/h3-7,10H,8-9H2,1-2H3,(H,15,18). The summed E-state index contributed by atoms with van der Waals surface area (Å²) in [7, 11) is 0. The van der Waals surface area contributed by atoms with Crippen LogP contribution in [-0.2, 0) is 6.54 Å². The zero-order valence-electron chi connectivity index (χ0n) is 10.7. The average Bonchev–Trinajstić information content (AvgIpc) is 2.69. The summed E-state index contributed by atoms with van der Waals surface area (Å²) in [5, 5.41) is 7.23. The molecule has 1 heterocycles. The summed E-state index contributed by atoms with van der Waals surface area (Å²) in [6, 6.07) is 11.2. The second-order valence-electron chi connectivity index (χ2n) is 4.27. The van der Waals surface area contributed by atoms with Crippen LogP contribution in [0.3, 0.4) is 0 Å². The van der Waals surface area contributed by atoms with Gasteiger partial charge in [-0.15, -0.1) is 0 Å². The zero-order chi connectivity index (χ0) is 13.0. The molecular formula is C14H17N3O. The van der Waals surface area contributed by atoms with Gasteiger partial charge in [-0.2, -0.15) is 5.10 Å². The molecule has 0 unspecified atom stereocenters. The molecule has 1 amide bonds. The number of amides is 1. The van der Waals surface area contributed by atoms with Crippen LogP contribution in [-0.4, -0.2) is 22.2 Å². The minimum absolute atomic E-state index is 0.0443. The Morgan fingerprint density at radius 3 is 2.61 bits per heavy atom. The van der Waals surface area contributed by atoms with Crippen molar-refractivity contribution in [3.05, 3.63) is 53.3 Å². The van der Waals surface area contributed by atoms with Gasteiger partial charge in [0.1, 0.15) is 0 Å². The molecule has 0 bridgehead atoms. The van der Waals surface area contributed by atoms with E-state index in [4.69, 9.17) is 0 Å². The number of benzene rings is 1. The highest BCUT2D eigenvalue weighted by Gasteiger charge is 2.04. The zero-order valence-corrected chi connectivity index (χ0v) is 10.7. The monoisotopic (exact) mass is 243 g/mol. The first-order chi connectivity index (χ1) is 8.66. The Balaban J connectivity index is 1.86. The molecule has 0 atom stereocenters. The normalized spacial score (nSPS) is 10.3.